The van der Waals surface area contributed by atoms with Gasteiger partial charge >= 0.3 is 17.9 Å². The third kappa shape index (κ3) is 3.52. The van der Waals surface area contributed by atoms with Crippen LogP contribution >= 0.6 is 0 Å². The Morgan fingerprint density at radius 2 is 1.46 bits per heavy atom. The highest BCUT2D eigenvalue weighted by molar-refractivity contribution is 6.12. The second-order valence-electron chi connectivity index (χ2n) is 5.42. The summed E-state index contributed by atoms with van der Waals surface area (Å²) in [5.74, 6) is -2.88. The number of nitrogens with zero attached hydrogens (tertiary/aromatic N) is 2. The Balaban J connectivity index is 3.13. The number of nitro benzene ring substituents is 1. The summed E-state index contributed by atoms with van der Waals surface area (Å²) in [4.78, 5) is 52.0. The van der Waals surface area contributed by atoms with Gasteiger partial charge in [-0.2, -0.15) is 0 Å². The highest BCUT2D eigenvalue weighted by Crippen LogP contribution is 2.37. The molecule has 10 nitrogen and oxygen atoms in total. The Kier molecular flexibility index (Phi) is 6.04. The molecule has 0 radical (unpaired) electrons. The molecule has 0 amide bonds. The van der Waals surface area contributed by atoms with Crippen LogP contribution in [0.2, 0.25) is 0 Å². The summed E-state index contributed by atoms with van der Waals surface area (Å²) < 4.78 is 14.2. The number of methoxy groups -OCH3 is 3. The van der Waals surface area contributed by atoms with Crippen molar-refractivity contribution in [2.24, 2.45) is 0 Å². The number of carbonyl (C=O) groups excluding carboxylic acids is 3. The predicted molar refractivity (Wildman–Crippen MR) is 95.1 cm³/mol. The summed E-state index contributed by atoms with van der Waals surface area (Å²) in [5, 5.41) is 11.5. The van der Waals surface area contributed by atoms with Crippen molar-refractivity contribution < 1.29 is 33.5 Å². The minimum atomic E-state index is -1.02. The minimum Gasteiger partial charge on any atom is -0.465 e. The van der Waals surface area contributed by atoms with E-state index in [0.29, 0.717) is 0 Å². The average molecular weight is 388 g/mol. The van der Waals surface area contributed by atoms with Crippen molar-refractivity contribution >= 4 is 23.6 Å². The van der Waals surface area contributed by atoms with E-state index < -0.39 is 34.1 Å². The van der Waals surface area contributed by atoms with Crippen LogP contribution in [0, 0.1) is 17.0 Å². The van der Waals surface area contributed by atoms with Crippen molar-refractivity contribution in [3.8, 4) is 11.1 Å². The summed E-state index contributed by atoms with van der Waals surface area (Å²) in [6.07, 6.45) is 0. The lowest BCUT2D eigenvalue weighted by Gasteiger charge is -2.17. The standard InChI is InChI=1S/C18H16N2O8/c1-9-12(16(21)26-2)13(10-7-5-6-8-11(10)20(24)25)14(17(22)27-3)15(19-9)18(23)28-4/h5-8H,1-4H3. The molecule has 28 heavy (non-hydrogen) atoms. The molecule has 0 bridgehead atoms. The zero-order valence-corrected chi connectivity index (χ0v) is 15.5. The maximum Gasteiger partial charge on any atom is 0.357 e. The number of nitro groups is 1. The lowest BCUT2D eigenvalue weighted by molar-refractivity contribution is -0.384. The summed E-state index contributed by atoms with van der Waals surface area (Å²) >= 11 is 0. The second-order valence-corrected chi connectivity index (χ2v) is 5.42. The first-order valence-electron chi connectivity index (χ1n) is 7.81. The normalized spacial score (nSPS) is 10.1. The molecule has 1 aromatic carbocycles. The van der Waals surface area contributed by atoms with E-state index in [1.165, 1.54) is 31.2 Å². The topological polar surface area (TPSA) is 135 Å². The van der Waals surface area contributed by atoms with E-state index in [0.717, 1.165) is 21.3 Å². The van der Waals surface area contributed by atoms with Crippen LogP contribution in [0.4, 0.5) is 5.69 Å². The Morgan fingerprint density at radius 1 is 0.929 bits per heavy atom. The van der Waals surface area contributed by atoms with Gasteiger partial charge in [0.1, 0.15) is 5.56 Å². The number of carbonyl (C=O) groups is 3. The second kappa shape index (κ2) is 8.25. The van der Waals surface area contributed by atoms with Crippen molar-refractivity contribution in [1.82, 2.24) is 4.98 Å². The SMILES string of the molecule is COC(=O)c1nc(C)c(C(=O)OC)c(-c2ccccc2[N+](=O)[O-])c1C(=O)OC. The molecule has 0 saturated heterocycles. The number of esters is 3. The van der Waals surface area contributed by atoms with Crippen LogP contribution in [-0.2, 0) is 14.2 Å². The van der Waals surface area contributed by atoms with Gasteiger partial charge in [-0.05, 0) is 13.0 Å². The van der Waals surface area contributed by atoms with E-state index in [2.05, 4.69) is 9.72 Å². The zero-order chi connectivity index (χ0) is 21.0. The minimum absolute atomic E-state index is 0.0213. The van der Waals surface area contributed by atoms with E-state index in [4.69, 9.17) is 9.47 Å². The van der Waals surface area contributed by atoms with Crippen molar-refractivity contribution in [3.05, 3.63) is 56.9 Å². The number of ether oxygens (including phenoxy) is 3. The number of rotatable bonds is 5. The van der Waals surface area contributed by atoms with Gasteiger partial charge in [-0.15, -0.1) is 0 Å². The van der Waals surface area contributed by atoms with Gasteiger partial charge in [0.15, 0.2) is 5.69 Å². The predicted octanol–water partition coefficient (Wildman–Crippen LogP) is 2.33. The van der Waals surface area contributed by atoms with E-state index >= 15 is 0 Å². The van der Waals surface area contributed by atoms with Gasteiger partial charge in [-0.25, -0.2) is 19.4 Å². The molecule has 0 saturated carbocycles. The van der Waals surface area contributed by atoms with Crippen LogP contribution in [0.25, 0.3) is 11.1 Å². The maximum atomic E-state index is 12.5. The van der Waals surface area contributed by atoms with E-state index in [9.17, 15) is 24.5 Å². The number of aromatic nitrogens is 1. The van der Waals surface area contributed by atoms with Gasteiger partial charge in [-0.1, -0.05) is 12.1 Å². The Labute approximate surface area is 159 Å². The Hall–Kier alpha value is -3.82. The van der Waals surface area contributed by atoms with Crippen LogP contribution in [0.5, 0.6) is 0 Å². The molecule has 0 aliphatic rings. The molecular formula is C18H16N2O8. The third-order valence-corrected chi connectivity index (χ3v) is 3.91. The number of benzene rings is 1. The van der Waals surface area contributed by atoms with Crippen molar-refractivity contribution in [2.75, 3.05) is 21.3 Å². The number of hydrogen-bond acceptors (Lipinski definition) is 9. The molecular weight excluding hydrogens is 372 g/mol. The molecule has 0 aliphatic heterocycles. The van der Waals surface area contributed by atoms with Gasteiger partial charge in [-0.3, -0.25) is 10.1 Å². The van der Waals surface area contributed by atoms with Gasteiger partial charge in [0.05, 0.1) is 43.1 Å². The fourth-order valence-corrected chi connectivity index (χ4v) is 2.71. The van der Waals surface area contributed by atoms with Crippen LogP contribution in [0.3, 0.4) is 0 Å². The molecule has 1 heterocycles. The summed E-state index contributed by atoms with van der Waals surface area (Å²) in [6.45, 7) is 1.40. The highest BCUT2D eigenvalue weighted by Gasteiger charge is 2.34. The lowest BCUT2D eigenvalue weighted by Crippen LogP contribution is -2.20. The monoisotopic (exact) mass is 388 g/mol. The summed E-state index contributed by atoms with van der Waals surface area (Å²) in [7, 11) is 3.25. The van der Waals surface area contributed by atoms with Crippen LogP contribution in [0.1, 0.15) is 36.9 Å². The first-order valence-corrected chi connectivity index (χ1v) is 7.81. The number of hydrogen-bond donors (Lipinski definition) is 0. The van der Waals surface area contributed by atoms with Crippen LogP contribution in [0.15, 0.2) is 24.3 Å². The molecule has 0 atom stereocenters. The first-order chi connectivity index (χ1) is 13.3. The number of aryl methyl sites for hydroxylation is 1. The molecule has 0 N–H and O–H groups in total. The third-order valence-electron chi connectivity index (χ3n) is 3.91. The van der Waals surface area contributed by atoms with Gasteiger partial charge in [0, 0.05) is 11.6 Å². The first kappa shape index (κ1) is 20.5. The molecule has 0 fully saturated rings. The van der Waals surface area contributed by atoms with E-state index in [-0.39, 0.29) is 28.1 Å². The molecule has 0 spiro atoms. The number of para-hydroxylation sites is 1. The molecule has 2 aromatic rings. The van der Waals surface area contributed by atoms with Crippen molar-refractivity contribution in [1.29, 1.82) is 0 Å². The summed E-state index contributed by atoms with van der Waals surface area (Å²) in [5.41, 5.74) is -1.72. The molecule has 146 valence electrons. The summed E-state index contributed by atoms with van der Waals surface area (Å²) in [6, 6.07) is 5.45. The van der Waals surface area contributed by atoms with Crippen LogP contribution in [-0.4, -0.2) is 49.1 Å². The van der Waals surface area contributed by atoms with Crippen molar-refractivity contribution in [3.63, 3.8) is 0 Å². The molecule has 0 unspecified atom stereocenters. The van der Waals surface area contributed by atoms with Crippen LogP contribution < -0.4 is 0 Å². The molecule has 0 aliphatic carbocycles. The fourth-order valence-electron chi connectivity index (χ4n) is 2.71. The van der Waals surface area contributed by atoms with E-state index in [1.54, 1.807) is 0 Å². The maximum absolute atomic E-state index is 12.5. The fraction of sp³-hybridized carbons (Fsp3) is 0.222. The zero-order valence-electron chi connectivity index (χ0n) is 15.5. The Bertz CT molecular complexity index is 984. The van der Waals surface area contributed by atoms with Gasteiger partial charge in [0.25, 0.3) is 5.69 Å². The average Bonchev–Trinajstić information content (AvgIpc) is 2.70. The highest BCUT2D eigenvalue weighted by atomic mass is 16.6. The van der Waals surface area contributed by atoms with E-state index in [1.807, 2.05) is 0 Å². The van der Waals surface area contributed by atoms with Gasteiger partial charge < -0.3 is 14.2 Å². The largest absolute Gasteiger partial charge is 0.465 e. The molecule has 10 heteroatoms. The molecule has 1 aromatic heterocycles. The van der Waals surface area contributed by atoms with Crippen molar-refractivity contribution in [2.45, 2.75) is 6.92 Å². The quantitative estimate of drug-likeness (QED) is 0.327. The lowest BCUT2D eigenvalue weighted by atomic mass is 9.91. The van der Waals surface area contributed by atoms with Gasteiger partial charge in [0.2, 0.25) is 0 Å². The number of pyridine rings is 1. The molecule has 2 rings (SSSR count). The Morgan fingerprint density at radius 3 is 2.00 bits per heavy atom. The smallest absolute Gasteiger partial charge is 0.357 e.